The van der Waals surface area contributed by atoms with Gasteiger partial charge in [0.2, 0.25) is 0 Å². The fourth-order valence-corrected chi connectivity index (χ4v) is 5.57. The molecule has 2 aromatic carbocycles. The molecule has 4 rings (SSSR count). The second-order valence-corrected chi connectivity index (χ2v) is 9.44. The second kappa shape index (κ2) is 6.41. The first-order valence-electron chi connectivity index (χ1n) is 9.17. The van der Waals surface area contributed by atoms with E-state index in [1.807, 2.05) is 0 Å². The molecule has 2 aliphatic carbocycles. The molecule has 0 saturated heterocycles. The molecule has 0 spiro atoms. The van der Waals surface area contributed by atoms with Crippen LogP contribution in [0, 0.1) is 12.3 Å². The molecule has 0 aromatic heterocycles. The Morgan fingerprint density at radius 3 is 2.46 bits per heavy atom. The van der Waals surface area contributed by atoms with Gasteiger partial charge in [-0.3, -0.25) is 0 Å². The number of benzene rings is 2. The first kappa shape index (κ1) is 16.5. The van der Waals surface area contributed by atoms with Crippen LogP contribution in [0.4, 0.5) is 0 Å². The number of allylic oxidation sites excluding steroid dienone is 1. The Bertz CT molecular complexity index is 776. The topological polar surface area (TPSA) is 0 Å². The van der Waals surface area contributed by atoms with E-state index in [1.165, 1.54) is 54.4 Å². The molecule has 1 saturated carbocycles. The van der Waals surface area contributed by atoms with Crippen molar-refractivity contribution in [2.45, 2.75) is 49.6 Å². The molecule has 1 atom stereocenters. The van der Waals surface area contributed by atoms with E-state index in [2.05, 4.69) is 62.4 Å². The first-order chi connectivity index (χ1) is 11.6. The van der Waals surface area contributed by atoms with Gasteiger partial charge in [-0.2, -0.15) is 0 Å². The van der Waals surface area contributed by atoms with Gasteiger partial charge in [0, 0.05) is 0 Å². The van der Waals surface area contributed by atoms with Crippen molar-refractivity contribution in [1.82, 2.24) is 0 Å². The molecule has 0 N–H and O–H groups in total. The molecule has 2 aromatic rings. The third kappa shape index (κ3) is 3.01. The molecule has 2 aliphatic rings. The van der Waals surface area contributed by atoms with Crippen molar-refractivity contribution in [1.29, 1.82) is 0 Å². The minimum absolute atomic E-state index is 0.548. The Morgan fingerprint density at radius 2 is 1.75 bits per heavy atom. The zero-order valence-electron chi connectivity index (χ0n) is 14.7. The summed E-state index contributed by atoms with van der Waals surface area (Å²) in [6.45, 7) is 4.67. The Balaban J connectivity index is 1.71. The molecule has 0 radical (unpaired) electrons. The maximum absolute atomic E-state index is 2.54. The molecule has 0 heterocycles. The van der Waals surface area contributed by atoms with Crippen LogP contribution >= 0.6 is 0 Å². The monoisotopic (exact) mass is 391 g/mol. The summed E-state index contributed by atoms with van der Waals surface area (Å²) in [5, 5.41) is 0. The average molecular weight is 393 g/mol. The normalized spacial score (nSPS) is 21.5. The van der Waals surface area contributed by atoms with E-state index >= 15 is 0 Å². The van der Waals surface area contributed by atoms with Crippen LogP contribution in [0.25, 0.3) is 17.2 Å². The molecule has 0 amide bonds. The predicted octanol–water partition coefficient (Wildman–Crippen LogP) is 6.62. The molecule has 121 valence electrons. The van der Waals surface area contributed by atoms with Crippen molar-refractivity contribution in [3.63, 3.8) is 0 Å². The number of hydrogen-bond donors (Lipinski definition) is 0. The first-order valence-corrected chi connectivity index (χ1v) is 10.6. The molecule has 0 bridgehead atoms. The molecule has 0 nitrogen and oxygen atoms in total. The Morgan fingerprint density at radius 1 is 1.04 bits per heavy atom. The molecule has 0 aliphatic heterocycles. The summed E-state index contributed by atoms with van der Waals surface area (Å²) in [5.74, 6) is 0. The number of aryl methyl sites for hydroxylation is 1. The maximum atomic E-state index is 2.54. The van der Waals surface area contributed by atoms with E-state index in [0.717, 1.165) is 0 Å². The van der Waals surface area contributed by atoms with Gasteiger partial charge in [-0.25, -0.2) is 0 Å². The summed E-state index contributed by atoms with van der Waals surface area (Å²) in [6, 6.07) is 15.9. The van der Waals surface area contributed by atoms with E-state index in [0.29, 0.717) is 9.04 Å². The van der Waals surface area contributed by atoms with Gasteiger partial charge in [0.15, 0.2) is 0 Å². The van der Waals surface area contributed by atoms with Crippen molar-refractivity contribution in [2.75, 3.05) is 0 Å². The van der Waals surface area contributed by atoms with E-state index in [-0.39, 0.29) is 0 Å². The minimum atomic E-state index is 0.548. The zero-order valence-corrected chi connectivity index (χ0v) is 17.2. The molecule has 24 heavy (non-hydrogen) atoms. The number of rotatable bonds is 3. The third-order valence-corrected chi connectivity index (χ3v) is 7.63. The zero-order chi connectivity index (χ0) is 16.7. The Labute approximate surface area is 161 Å². The molecular weight excluding hydrogens is 367 g/mol. The van der Waals surface area contributed by atoms with Crippen molar-refractivity contribution in [3.05, 3.63) is 64.7 Å². The molecule has 1 fully saturated rings. The SMILES string of the molecule is Cc1ccc(-c2cccc3c2C=C(CC2(C)CCCC2)[CH]3[Zr])cc1. The van der Waals surface area contributed by atoms with Gasteiger partial charge in [0.1, 0.15) is 0 Å². The van der Waals surface area contributed by atoms with Gasteiger partial charge in [-0.05, 0) is 0 Å². The fraction of sp³-hybridized carbons (Fsp3) is 0.391. The molecule has 1 unspecified atom stereocenters. The summed E-state index contributed by atoms with van der Waals surface area (Å²) >= 11 is 1.64. The van der Waals surface area contributed by atoms with Gasteiger partial charge in [0.05, 0.1) is 0 Å². The molecule has 1 heteroatoms. The summed E-state index contributed by atoms with van der Waals surface area (Å²) in [5.41, 5.74) is 9.37. The summed E-state index contributed by atoms with van der Waals surface area (Å²) in [4.78, 5) is 0. The number of hydrogen-bond acceptors (Lipinski definition) is 0. The molecular formula is C23H25Zr. The van der Waals surface area contributed by atoms with Crippen LogP contribution in [0.5, 0.6) is 0 Å². The van der Waals surface area contributed by atoms with Crippen LogP contribution in [-0.2, 0) is 24.7 Å². The van der Waals surface area contributed by atoms with Crippen LogP contribution in [0.2, 0.25) is 0 Å². The van der Waals surface area contributed by atoms with Crippen molar-refractivity contribution >= 4 is 6.08 Å². The van der Waals surface area contributed by atoms with Gasteiger partial charge < -0.3 is 0 Å². The average Bonchev–Trinajstić information content (AvgIpc) is 3.13. The summed E-state index contributed by atoms with van der Waals surface area (Å²) in [7, 11) is 0. The van der Waals surface area contributed by atoms with Crippen LogP contribution in [0.1, 0.15) is 59.3 Å². The number of fused-ring (bicyclic) bond motifs is 1. The van der Waals surface area contributed by atoms with Gasteiger partial charge >= 0.3 is 162 Å². The Hall–Kier alpha value is -0.937. The van der Waals surface area contributed by atoms with Crippen molar-refractivity contribution in [3.8, 4) is 11.1 Å². The van der Waals surface area contributed by atoms with Crippen LogP contribution in [-0.4, -0.2) is 0 Å². The van der Waals surface area contributed by atoms with Crippen molar-refractivity contribution < 1.29 is 24.7 Å². The quantitative estimate of drug-likeness (QED) is 0.551. The van der Waals surface area contributed by atoms with Crippen LogP contribution in [0.3, 0.4) is 0 Å². The van der Waals surface area contributed by atoms with Gasteiger partial charge in [-0.15, -0.1) is 0 Å². The van der Waals surface area contributed by atoms with Crippen LogP contribution in [0.15, 0.2) is 48.0 Å². The Kier molecular flexibility index (Phi) is 4.42. The van der Waals surface area contributed by atoms with Gasteiger partial charge in [0.25, 0.3) is 0 Å². The van der Waals surface area contributed by atoms with E-state index in [4.69, 9.17) is 0 Å². The standard InChI is InChI=1S/C23H25.Zr/c1-17-8-10-19(11-9-17)21-7-5-6-20-14-18(15-22(20)21)16-23(2)12-3-4-13-23;/h5-11,14-15H,3-4,12-13,16H2,1-2H3;. The summed E-state index contributed by atoms with van der Waals surface area (Å²) in [6.07, 6.45) is 9.50. The van der Waals surface area contributed by atoms with Gasteiger partial charge in [-0.1, -0.05) is 0 Å². The van der Waals surface area contributed by atoms with E-state index < -0.39 is 0 Å². The van der Waals surface area contributed by atoms with Crippen molar-refractivity contribution in [2.24, 2.45) is 5.41 Å². The third-order valence-electron chi connectivity index (χ3n) is 5.96. The van der Waals surface area contributed by atoms with E-state index in [1.54, 1.807) is 35.9 Å². The predicted molar refractivity (Wildman–Crippen MR) is 98.5 cm³/mol. The summed E-state index contributed by atoms with van der Waals surface area (Å²) < 4.78 is 0.662. The van der Waals surface area contributed by atoms with E-state index in [9.17, 15) is 0 Å². The fourth-order valence-electron chi connectivity index (χ4n) is 4.50. The second-order valence-electron chi connectivity index (χ2n) is 8.02. The van der Waals surface area contributed by atoms with Crippen LogP contribution < -0.4 is 0 Å².